The van der Waals surface area contributed by atoms with Crippen molar-refractivity contribution in [2.75, 3.05) is 6.54 Å². The van der Waals surface area contributed by atoms with E-state index >= 15 is 0 Å². The molecule has 1 aliphatic carbocycles. The zero-order chi connectivity index (χ0) is 18.5. The zero-order valence-corrected chi connectivity index (χ0v) is 15.7. The van der Waals surface area contributed by atoms with Gasteiger partial charge in [-0.05, 0) is 52.7 Å². The second kappa shape index (κ2) is 7.93. The molecule has 6 nitrogen and oxygen atoms in total. The van der Waals surface area contributed by atoms with E-state index in [2.05, 4.69) is 10.6 Å². The highest BCUT2D eigenvalue weighted by molar-refractivity contribution is 5.91. The van der Waals surface area contributed by atoms with Gasteiger partial charge in [0.2, 0.25) is 0 Å². The van der Waals surface area contributed by atoms with Crippen LogP contribution in [0.5, 0.6) is 0 Å². The second-order valence-electron chi connectivity index (χ2n) is 7.91. The first kappa shape index (κ1) is 19.3. The van der Waals surface area contributed by atoms with Crippen LogP contribution >= 0.6 is 0 Å². The minimum Gasteiger partial charge on any atom is -0.456 e. The van der Waals surface area contributed by atoms with Crippen molar-refractivity contribution in [3.05, 3.63) is 23.7 Å². The zero-order valence-electron chi connectivity index (χ0n) is 15.7. The molecule has 0 bridgehead atoms. The topological polar surface area (TPSA) is 80.6 Å². The van der Waals surface area contributed by atoms with Gasteiger partial charge in [-0.3, -0.25) is 4.79 Å². The quantitative estimate of drug-likeness (QED) is 0.806. The van der Waals surface area contributed by atoms with Crippen molar-refractivity contribution in [3.63, 3.8) is 0 Å². The average molecular weight is 350 g/mol. The molecule has 0 aromatic carbocycles. The number of carbonyl (C=O) groups is 2. The number of aryl methyl sites for hydroxylation is 1. The fourth-order valence-electron chi connectivity index (χ4n) is 3.16. The van der Waals surface area contributed by atoms with E-state index in [0.717, 1.165) is 38.5 Å². The molecule has 1 aromatic rings. The Kier molecular flexibility index (Phi) is 6.14. The van der Waals surface area contributed by atoms with Gasteiger partial charge in [-0.25, -0.2) is 4.79 Å². The smallest absolute Gasteiger partial charge is 0.408 e. The van der Waals surface area contributed by atoms with Gasteiger partial charge >= 0.3 is 6.09 Å². The summed E-state index contributed by atoms with van der Waals surface area (Å²) in [6, 6.07) is 3.42. The number of hydrogen-bond donors (Lipinski definition) is 2. The molecule has 1 aromatic heterocycles. The largest absolute Gasteiger partial charge is 0.456 e. The SMILES string of the molecule is Cc1ccc(C(=O)NCC2(NC(=O)OC(C)(C)C)CCCCCC2)o1. The lowest BCUT2D eigenvalue weighted by atomic mass is 9.90. The molecule has 0 atom stereocenters. The van der Waals surface area contributed by atoms with Gasteiger partial charge in [-0.2, -0.15) is 0 Å². The Balaban J connectivity index is 2.04. The fraction of sp³-hybridized carbons (Fsp3) is 0.684. The summed E-state index contributed by atoms with van der Waals surface area (Å²) in [5.41, 5.74) is -1.03. The normalized spacial score (nSPS) is 17.4. The lowest BCUT2D eigenvalue weighted by molar-refractivity contribution is 0.0437. The molecule has 0 saturated heterocycles. The van der Waals surface area contributed by atoms with Crippen molar-refractivity contribution in [3.8, 4) is 0 Å². The van der Waals surface area contributed by atoms with Crippen LogP contribution in [-0.2, 0) is 4.74 Å². The number of nitrogens with one attached hydrogen (secondary N) is 2. The Morgan fingerprint density at radius 2 is 1.80 bits per heavy atom. The first-order valence-electron chi connectivity index (χ1n) is 9.05. The van der Waals surface area contributed by atoms with Gasteiger partial charge in [0.05, 0.1) is 5.54 Å². The van der Waals surface area contributed by atoms with Crippen molar-refractivity contribution >= 4 is 12.0 Å². The summed E-state index contributed by atoms with van der Waals surface area (Å²) in [6.45, 7) is 7.69. The predicted octanol–water partition coefficient (Wildman–Crippen LogP) is 3.94. The first-order chi connectivity index (χ1) is 11.7. The molecule has 140 valence electrons. The lowest BCUT2D eigenvalue weighted by Crippen LogP contribution is -2.56. The van der Waals surface area contributed by atoms with Crippen LogP contribution in [0.25, 0.3) is 0 Å². The first-order valence-corrected chi connectivity index (χ1v) is 9.05. The standard InChI is InChI=1S/C19H30N2O4/c1-14-9-10-15(24-14)16(22)20-13-19(11-7-5-6-8-12-19)21-17(23)25-18(2,3)4/h9-10H,5-8,11-13H2,1-4H3,(H,20,22)(H,21,23). The van der Waals surface area contributed by atoms with Gasteiger partial charge < -0.3 is 19.8 Å². The van der Waals surface area contributed by atoms with Gasteiger partial charge in [0.25, 0.3) is 5.91 Å². The summed E-state index contributed by atoms with van der Waals surface area (Å²) in [6.07, 6.45) is 5.54. The number of hydrogen-bond acceptors (Lipinski definition) is 4. The number of rotatable bonds is 4. The maximum Gasteiger partial charge on any atom is 0.408 e. The van der Waals surface area contributed by atoms with Crippen LogP contribution in [0.2, 0.25) is 0 Å². The van der Waals surface area contributed by atoms with E-state index < -0.39 is 17.2 Å². The van der Waals surface area contributed by atoms with E-state index in [-0.39, 0.29) is 5.91 Å². The maximum atomic E-state index is 12.3. The van der Waals surface area contributed by atoms with E-state index in [1.807, 2.05) is 20.8 Å². The molecular weight excluding hydrogens is 320 g/mol. The molecule has 2 rings (SSSR count). The average Bonchev–Trinajstić information content (AvgIpc) is 2.80. The summed E-state index contributed by atoms with van der Waals surface area (Å²) in [7, 11) is 0. The highest BCUT2D eigenvalue weighted by atomic mass is 16.6. The number of furan rings is 1. The fourth-order valence-corrected chi connectivity index (χ4v) is 3.16. The third kappa shape index (κ3) is 6.11. The molecule has 1 heterocycles. The summed E-state index contributed by atoms with van der Waals surface area (Å²) >= 11 is 0. The maximum absolute atomic E-state index is 12.3. The van der Waals surface area contributed by atoms with E-state index in [0.29, 0.717) is 18.1 Å². The van der Waals surface area contributed by atoms with E-state index in [1.165, 1.54) is 0 Å². The molecule has 1 saturated carbocycles. The third-order valence-electron chi connectivity index (χ3n) is 4.38. The Labute approximate surface area is 149 Å². The number of carbonyl (C=O) groups excluding carboxylic acids is 2. The Hall–Kier alpha value is -1.98. The Bertz CT molecular complexity index is 593. The van der Waals surface area contributed by atoms with E-state index in [4.69, 9.17) is 9.15 Å². The molecular formula is C19H30N2O4. The summed E-state index contributed by atoms with van der Waals surface area (Å²) in [5.74, 6) is 0.725. The molecule has 1 aliphatic rings. The molecule has 1 fully saturated rings. The van der Waals surface area contributed by atoms with Crippen LogP contribution in [0.4, 0.5) is 4.79 Å². The molecule has 0 spiro atoms. The van der Waals surface area contributed by atoms with Crippen molar-refractivity contribution in [2.24, 2.45) is 0 Å². The Morgan fingerprint density at radius 1 is 1.16 bits per heavy atom. The van der Waals surface area contributed by atoms with Gasteiger partial charge in [-0.15, -0.1) is 0 Å². The molecule has 6 heteroatoms. The van der Waals surface area contributed by atoms with Crippen LogP contribution in [-0.4, -0.2) is 29.7 Å². The van der Waals surface area contributed by atoms with Gasteiger partial charge in [0, 0.05) is 6.54 Å². The number of ether oxygens (including phenoxy) is 1. The summed E-state index contributed by atoms with van der Waals surface area (Å²) in [4.78, 5) is 24.6. The molecule has 2 N–H and O–H groups in total. The van der Waals surface area contributed by atoms with Crippen molar-refractivity contribution in [2.45, 2.75) is 77.4 Å². The van der Waals surface area contributed by atoms with E-state index in [1.54, 1.807) is 19.1 Å². The van der Waals surface area contributed by atoms with Crippen molar-refractivity contribution in [1.29, 1.82) is 0 Å². The van der Waals surface area contributed by atoms with Gasteiger partial charge in [0.1, 0.15) is 11.4 Å². The highest BCUT2D eigenvalue weighted by Gasteiger charge is 2.34. The minimum absolute atomic E-state index is 0.261. The van der Waals surface area contributed by atoms with Crippen LogP contribution in [0.3, 0.4) is 0 Å². The van der Waals surface area contributed by atoms with E-state index in [9.17, 15) is 9.59 Å². The van der Waals surface area contributed by atoms with Crippen LogP contribution < -0.4 is 10.6 Å². The molecule has 2 amide bonds. The van der Waals surface area contributed by atoms with Crippen molar-refractivity contribution < 1.29 is 18.7 Å². The van der Waals surface area contributed by atoms with Gasteiger partial charge in [-0.1, -0.05) is 25.7 Å². The Morgan fingerprint density at radius 3 is 2.32 bits per heavy atom. The second-order valence-corrected chi connectivity index (χ2v) is 7.91. The molecule has 0 unspecified atom stereocenters. The predicted molar refractivity (Wildman–Crippen MR) is 95.6 cm³/mol. The minimum atomic E-state index is -0.551. The highest BCUT2D eigenvalue weighted by Crippen LogP contribution is 2.27. The molecule has 0 aliphatic heterocycles. The molecule has 0 radical (unpaired) electrons. The summed E-state index contributed by atoms with van der Waals surface area (Å²) in [5, 5.41) is 5.95. The molecule has 25 heavy (non-hydrogen) atoms. The summed E-state index contributed by atoms with van der Waals surface area (Å²) < 4.78 is 10.8. The van der Waals surface area contributed by atoms with Crippen molar-refractivity contribution in [1.82, 2.24) is 10.6 Å². The third-order valence-corrected chi connectivity index (χ3v) is 4.38. The van der Waals surface area contributed by atoms with Gasteiger partial charge in [0.15, 0.2) is 5.76 Å². The monoisotopic (exact) mass is 350 g/mol. The van der Waals surface area contributed by atoms with Crippen LogP contribution in [0.15, 0.2) is 16.5 Å². The van der Waals surface area contributed by atoms with Crippen LogP contribution in [0.1, 0.15) is 75.6 Å². The number of amides is 2. The number of alkyl carbamates (subject to hydrolysis) is 1. The lowest BCUT2D eigenvalue weighted by Gasteiger charge is -2.35. The van der Waals surface area contributed by atoms with Crippen LogP contribution in [0, 0.1) is 6.92 Å².